The topological polar surface area (TPSA) is 50.2 Å². The van der Waals surface area contributed by atoms with E-state index in [0.717, 1.165) is 10.8 Å². The van der Waals surface area contributed by atoms with Crippen LogP contribution in [0.2, 0.25) is 0 Å². The van der Waals surface area contributed by atoms with Gasteiger partial charge in [0.05, 0.1) is 5.56 Å². The Bertz CT molecular complexity index is 809. The summed E-state index contributed by atoms with van der Waals surface area (Å²) in [7, 11) is 0. The van der Waals surface area contributed by atoms with Crippen molar-refractivity contribution in [2.24, 2.45) is 0 Å². The third-order valence-corrected chi connectivity index (χ3v) is 3.20. The Kier molecular flexibility index (Phi) is 2.91. The van der Waals surface area contributed by atoms with Gasteiger partial charge in [-0.15, -0.1) is 0 Å². The zero-order chi connectivity index (χ0) is 14.1. The summed E-state index contributed by atoms with van der Waals surface area (Å²) < 4.78 is 13.7. The maximum atomic E-state index is 13.7. The molecule has 3 rings (SSSR count). The van der Waals surface area contributed by atoms with Crippen LogP contribution in [0, 0.1) is 5.82 Å². The van der Waals surface area contributed by atoms with Gasteiger partial charge in [-0.05, 0) is 23.1 Å². The lowest BCUT2D eigenvalue weighted by Gasteiger charge is -2.08. The second-order valence-electron chi connectivity index (χ2n) is 4.42. The molecule has 0 saturated heterocycles. The molecule has 0 unspecified atom stereocenters. The number of aromatic hydroxyl groups is 1. The molecule has 0 bridgehead atoms. The van der Waals surface area contributed by atoms with Crippen molar-refractivity contribution in [1.82, 2.24) is 4.98 Å². The number of hydrogen-bond donors (Lipinski definition) is 1. The van der Waals surface area contributed by atoms with Crippen LogP contribution >= 0.6 is 0 Å². The Morgan fingerprint density at radius 3 is 2.75 bits per heavy atom. The molecule has 3 nitrogen and oxygen atoms in total. The van der Waals surface area contributed by atoms with Gasteiger partial charge in [-0.1, -0.05) is 24.3 Å². The highest BCUT2D eigenvalue weighted by Crippen LogP contribution is 2.32. The quantitative estimate of drug-likeness (QED) is 0.722. The van der Waals surface area contributed by atoms with Crippen LogP contribution in [0.3, 0.4) is 0 Å². The van der Waals surface area contributed by atoms with Crippen molar-refractivity contribution in [3.05, 3.63) is 60.2 Å². The zero-order valence-electron chi connectivity index (χ0n) is 10.4. The fourth-order valence-corrected chi connectivity index (χ4v) is 2.21. The minimum Gasteiger partial charge on any atom is -0.504 e. The Balaban J connectivity index is 2.31. The number of aldehydes is 1. The van der Waals surface area contributed by atoms with Crippen LogP contribution in [-0.2, 0) is 0 Å². The van der Waals surface area contributed by atoms with Crippen LogP contribution in [0.5, 0.6) is 5.75 Å². The largest absolute Gasteiger partial charge is 0.504 e. The fourth-order valence-electron chi connectivity index (χ4n) is 2.21. The highest BCUT2D eigenvalue weighted by Gasteiger charge is 2.12. The normalized spacial score (nSPS) is 10.7. The molecule has 2 aromatic carbocycles. The van der Waals surface area contributed by atoms with E-state index in [2.05, 4.69) is 4.98 Å². The second kappa shape index (κ2) is 4.74. The summed E-state index contributed by atoms with van der Waals surface area (Å²) >= 11 is 0. The summed E-state index contributed by atoms with van der Waals surface area (Å²) in [4.78, 5) is 15.0. The van der Waals surface area contributed by atoms with E-state index in [1.165, 1.54) is 12.1 Å². The Hall–Kier alpha value is -2.75. The molecule has 4 heteroatoms. The van der Waals surface area contributed by atoms with Gasteiger partial charge in [0.1, 0.15) is 0 Å². The number of halogens is 1. The van der Waals surface area contributed by atoms with E-state index in [9.17, 15) is 14.3 Å². The second-order valence-corrected chi connectivity index (χ2v) is 4.42. The summed E-state index contributed by atoms with van der Waals surface area (Å²) in [5.41, 5.74) is 1.14. The fraction of sp³-hybridized carbons (Fsp3) is 0. The van der Waals surface area contributed by atoms with Gasteiger partial charge in [0, 0.05) is 23.3 Å². The van der Waals surface area contributed by atoms with E-state index in [1.54, 1.807) is 12.4 Å². The lowest BCUT2D eigenvalue weighted by atomic mass is 9.99. The van der Waals surface area contributed by atoms with E-state index in [4.69, 9.17) is 0 Å². The van der Waals surface area contributed by atoms with Crippen molar-refractivity contribution in [1.29, 1.82) is 0 Å². The number of aromatic nitrogens is 1. The van der Waals surface area contributed by atoms with Crippen molar-refractivity contribution >= 4 is 17.1 Å². The van der Waals surface area contributed by atoms with Crippen molar-refractivity contribution in [2.75, 3.05) is 0 Å². The first-order valence-electron chi connectivity index (χ1n) is 6.01. The Labute approximate surface area is 114 Å². The molecular weight excluding hydrogens is 257 g/mol. The lowest BCUT2D eigenvalue weighted by molar-refractivity contribution is 0.112. The molecule has 0 radical (unpaired) electrons. The van der Waals surface area contributed by atoms with Crippen LogP contribution in [0.15, 0.2) is 48.8 Å². The Morgan fingerprint density at radius 2 is 1.95 bits per heavy atom. The van der Waals surface area contributed by atoms with Crippen LogP contribution in [0.1, 0.15) is 10.4 Å². The SMILES string of the molecule is O=Cc1cc(-c2cncc3ccccc23)cc(F)c1O. The van der Waals surface area contributed by atoms with Crippen molar-refractivity contribution in [3.8, 4) is 16.9 Å². The molecule has 0 fully saturated rings. The molecular formula is C16H10FNO2. The van der Waals surface area contributed by atoms with Gasteiger partial charge in [0.15, 0.2) is 17.9 Å². The van der Waals surface area contributed by atoms with E-state index in [1.807, 2.05) is 24.3 Å². The van der Waals surface area contributed by atoms with Crippen LogP contribution in [-0.4, -0.2) is 16.4 Å². The highest BCUT2D eigenvalue weighted by atomic mass is 19.1. The molecule has 98 valence electrons. The highest BCUT2D eigenvalue weighted by molar-refractivity contribution is 5.96. The number of fused-ring (bicyclic) bond motifs is 1. The molecule has 0 atom stereocenters. The lowest BCUT2D eigenvalue weighted by Crippen LogP contribution is -1.90. The first-order chi connectivity index (χ1) is 9.70. The van der Waals surface area contributed by atoms with Gasteiger partial charge in [-0.3, -0.25) is 9.78 Å². The number of benzene rings is 2. The van der Waals surface area contributed by atoms with Gasteiger partial charge in [-0.2, -0.15) is 0 Å². The van der Waals surface area contributed by atoms with Crippen molar-refractivity contribution in [2.45, 2.75) is 0 Å². The summed E-state index contributed by atoms with van der Waals surface area (Å²) in [5, 5.41) is 11.3. The van der Waals surface area contributed by atoms with E-state index in [0.29, 0.717) is 17.4 Å². The van der Waals surface area contributed by atoms with Crippen LogP contribution in [0.4, 0.5) is 4.39 Å². The molecule has 3 aromatic rings. The maximum absolute atomic E-state index is 13.7. The van der Waals surface area contributed by atoms with Crippen molar-refractivity contribution < 1.29 is 14.3 Å². The third-order valence-electron chi connectivity index (χ3n) is 3.20. The first kappa shape index (κ1) is 12.3. The van der Waals surface area contributed by atoms with Gasteiger partial charge in [0.2, 0.25) is 0 Å². The Morgan fingerprint density at radius 1 is 1.15 bits per heavy atom. The molecule has 1 heterocycles. The average molecular weight is 267 g/mol. The monoisotopic (exact) mass is 267 g/mol. The van der Waals surface area contributed by atoms with Gasteiger partial charge < -0.3 is 5.11 Å². The molecule has 0 amide bonds. The first-order valence-corrected chi connectivity index (χ1v) is 6.01. The van der Waals surface area contributed by atoms with Crippen LogP contribution < -0.4 is 0 Å². The number of carbonyl (C=O) groups excluding carboxylic acids is 1. The summed E-state index contributed by atoms with van der Waals surface area (Å²) in [5.74, 6) is -1.45. The molecule has 0 aliphatic rings. The summed E-state index contributed by atoms with van der Waals surface area (Å²) in [6.07, 6.45) is 3.76. The predicted octanol–water partition coefficient (Wildman–Crippen LogP) is 3.56. The number of carbonyl (C=O) groups is 1. The van der Waals surface area contributed by atoms with Gasteiger partial charge in [0.25, 0.3) is 0 Å². The summed E-state index contributed by atoms with van der Waals surface area (Å²) in [6, 6.07) is 10.2. The number of phenolic OH excluding ortho intramolecular Hbond substituents is 1. The molecule has 0 aliphatic carbocycles. The minimum atomic E-state index is -0.822. The predicted molar refractivity (Wildman–Crippen MR) is 74.2 cm³/mol. The van der Waals surface area contributed by atoms with Crippen molar-refractivity contribution in [3.63, 3.8) is 0 Å². The molecule has 20 heavy (non-hydrogen) atoms. The smallest absolute Gasteiger partial charge is 0.166 e. The van der Waals surface area contributed by atoms with Crippen LogP contribution in [0.25, 0.3) is 21.9 Å². The van der Waals surface area contributed by atoms with E-state index in [-0.39, 0.29) is 5.56 Å². The average Bonchev–Trinajstić information content (AvgIpc) is 2.49. The number of rotatable bonds is 2. The summed E-state index contributed by atoms with van der Waals surface area (Å²) in [6.45, 7) is 0. The maximum Gasteiger partial charge on any atom is 0.166 e. The van der Waals surface area contributed by atoms with Gasteiger partial charge in [-0.25, -0.2) is 4.39 Å². The zero-order valence-corrected chi connectivity index (χ0v) is 10.4. The number of hydrogen-bond acceptors (Lipinski definition) is 3. The molecule has 0 saturated carbocycles. The minimum absolute atomic E-state index is 0.0760. The van der Waals surface area contributed by atoms with E-state index >= 15 is 0 Å². The molecule has 0 spiro atoms. The number of pyridine rings is 1. The standard InChI is InChI=1S/C16H10FNO2/c17-15-6-11(5-12(9-19)16(15)20)14-8-18-7-10-3-1-2-4-13(10)14/h1-9,20H. The van der Waals surface area contributed by atoms with E-state index < -0.39 is 11.6 Å². The number of phenols is 1. The molecule has 0 aliphatic heterocycles. The van der Waals surface area contributed by atoms with Gasteiger partial charge >= 0.3 is 0 Å². The molecule has 1 aromatic heterocycles. The third kappa shape index (κ3) is 1.91. The number of nitrogens with zero attached hydrogens (tertiary/aromatic N) is 1. The molecule has 1 N–H and O–H groups in total.